The second-order valence-corrected chi connectivity index (χ2v) is 8.74. The smallest absolute Gasteiger partial charge is 0.214 e. The van der Waals surface area contributed by atoms with Gasteiger partial charge in [0.15, 0.2) is 0 Å². The highest BCUT2D eigenvalue weighted by molar-refractivity contribution is 7.89. The molecule has 0 radical (unpaired) electrons. The van der Waals surface area contributed by atoms with E-state index in [1.807, 2.05) is 6.92 Å². The third kappa shape index (κ3) is 2.69. The zero-order valence-electron chi connectivity index (χ0n) is 12.0. The Morgan fingerprint density at radius 2 is 1.89 bits per heavy atom. The molecule has 2 bridgehead atoms. The summed E-state index contributed by atoms with van der Waals surface area (Å²) in [5.41, 5.74) is 0. The van der Waals surface area contributed by atoms with Gasteiger partial charge in [0.2, 0.25) is 10.0 Å². The minimum Gasteiger partial charge on any atom is -0.330 e. The lowest BCUT2D eigenvalue weighted by Gasteiger charge is -2.37. The Hall–Kier alpha value is -0.130. The quantitative estimate of drug-likeness (QED) is 0.798. The van der Waals surface area contributed by atoms with E-state index in [1.54, 1.807) is 9.21 Å². The molecule has 2 saturated carbocycles. The number of nitrogens with zero attached hydrogens (tertiary/aromatic N) is 1. The molecule has 3 rings (SSSR count). The van der Waals surface area contributed by atoms with Crippen molar-refractivity contribution in [2.75, 3.05) is 31.9 Å². The zero-order valence-corrected chi connectivity index (χ0v) is 12.8. The molecule has 3 atom stereocenters. The Balaban J connectivity index is 1.55. The first-order valence-corrected chi connectivity index (χ1v) is 9.53. The average Bonchev–Trinajstić information content (AvgIpc) is 3.01. The van der Waals surface area contributed by atoms with Crippen molar-refractivity contribution in [3.05, 3.63) is 0 Å². The van der Waals surface area contributed by atoms with Crippen molar-refractivity contribution in [2.45, 2.75) is 45.1 Å². The van der Waals surface area contributed by atoms with Gasteiger partial charge < -0.3 is 4.90 Å². The van der Waals surface area contributed by atoms with E-state index in [9.17, 15) is 8.42 Å². The minimum absolute atomic E-state index is 0.316. The van der Waals surface area contributed by atoms with E-state index in [1.165, 1.54) is 25.7 Å². The third-order valence-electron chi connectivity index (χ3n) is 5.48. The van der Waals surface area contributed by atoms with Crippen LogP contribution in [-0.2, 0) is 10.0 Å². The number of hydrogen-bond donors (Lipinski definition) is 1. The highest BCUT2D eigenvalue weighted by Crippen LogP contribution is 2.43. The molecule has 0 amide bonds. The predicted molar refractivity (Wildman–Crippen MR) is 75.6 cm³/mol. The SMILES string of the molecule is CCCS(=O)(=O)N1CC[NH+]([C@@H]2C[C@H]3CC[C@@H]2C3)CC1. The van der Waals surface area contributed by atoms with Crippen LogP contribution in [0, 0.1) is 11.8 Å². The summed E-state index contributed by atoms with van der Waals surface area (Å²) in [6, 6.07) is 0.842. The summed E-state index contributed by atoms with van der Waals surface area (Å²) in [7, 11) is -2.97. The summed E-state index contributed by atoms with van der Waals surface area (Å²) in [5, 5.41) is 0. The van der Waals surface area contributed by atoms with E-state index in [4.69, 9.17) is 0 Å². The largest absolute Gasteiger partial charge is 0.330 e. The van der Waals surface area contributed by atoms with Crippen molar-refractivity contribution in [1.82, 2.24) is 4.31 Å². The van der Waals surface area contributed by atoms with Gasteiger partial charge in [-0.1, -0.05) is 6.92 Å². The molecule has 5 heteroatoms. The van der Waals surface area contributed by atoms with E-state index >= 15 is 0 Å². The number of fused-ring (bicyclic) bond motifs is 2. The number of piperazine rings is 1. The fourth-order valence-electron chi connectivity index (χ4n) is 4.55. The van der Waals surface area contributed by atoms with Gasteiger partial charge in [0, 0.05) is 12.3 Å². The molecule has 0 aromatic rings. The van der Waals surface area contributed by atoms with E-state index in [0.717, 1.165) is 50.5 Å². The van der Waals surface area contributed by atoms with Gasteiger partial charge in [-0.3, -0.25) is 0 Å². The van der Waals surface area contributed by atoms with Gasteiger partial charge in [0.1, 0.15) is 0 Å². The molecule has 1 N–H and O–H groups in total. The predicted octanol–water partition coefficient (Wildman–Crippen LogP) is 0.115. The van der Waals surface area contributed by atoms with Crippen LogP contribution in [0.2, 0.25) is 0 Å². The van der Waals surface area contributed by atoms with Crippen molar-refractivity contribution in [3.63, 3.8) is 0 Å². The second-order valence-electron chi connectivity index (χ2n) is 6.65. The second kappa shape index (κ2) is 5.34. The molecule has 1 aliphatic heterocycles. The summed E-state index contributed by atoms with van der Waals surface area (Å²) >= 11 is 0. The van der Waals surface area contributed by atoms with Crippen molar-refractivity contribution >= 4 is 10.0 Å². The normalized spacial score (nSPS) is 37.0. The molecular formula is C14H27N2O2S+. The van der Waals surface area contributed by atoms with E-state index in [-0.39, 0.29) is 0 Å². The number of quaternary nitrogens is 1. The fourth-order valence-corrected chi connectivity index (χ4v) is 6.07. The minimum atomic E-state index is -2.97. The molecule has 0 aromatic carbocycles. The number of sulfonamides is 1. The Kier molecular flexibility index (Phi) is 3.89. The van der Waals surface area contributed by atoms with Gasteiger partial charge >= 0.3 is 0 Å². The van der Waals surface area contributed by atoms with Crippen LogP contribution in [-0.4, -0.2) is 50.7 Å². The Labute approximate surface area is 117 Å². The first-order valence-electron chi connectivity index (χ1n) is 7.92. The highest BCUT2D eigenvalue weighted by Gasteiger charge is 2.46. The third-order valence-corrected chi connectivity index (χ3v) is 7.56. The van der Waals surface area contributed by atoms with Crippen molar-refractivity contribution in [3.8, 4) is 0 Å². The van der Waals surface area contributed by atoms with Gasteiger partial charge in [0.05, 0.1) is 38.0 Å². The van der Waals surface area contributed by atoms with Crippen LogP contribution in [0.5, 0.6) is 0 Å². The van der Waals surface area contributed by atoms with Crippen LogP contribution in [0.25, 0.3) is 0 Å². The lowest BCUT2D eigenvalue weighted by Crippen LogP contribution is -3.18. The van der Waals surface area contributed by atoms with E-state index < -0.39 is 10.0 Å². The summed E-state index contributed by atoms with van der Waals surface area (Å²) in [6.07, 6.45) is 6.46. The summed E-state index contributed by atoms with van der Waals surface area (Å²) < 4.78 is 25.8. The number of rotatable bonds is 4. The van der Waals surface area contributed by atoms with Crippen LogP contribution < -0.4 is 4.90 Å². The van der Waals surface area contributed by atoms with Crippen molar-refractivity contribution in [1.29, 1.82) is 0 Å². The highest BCUT2D eigenvalue weighted by atomic mass is 32.2. The average molecular weight is 287 g/mol. The maximum absolute atomic E-state index is 12.1. The Bertz CT molecular complexity index is 415. The topological polar surface area (TPSA) is 41.8 Å². The Morgan fingerprint density at radius 1 is 1.16 bits per heavy atom. The molecule has 19 heavy (non-hydrogen) atoms. The van der Waals surface area contributed by atoms with E-state index in [0.29, 0.717) is 5.75 Å². The van der Waals surface area contributed by atoms with Gasteiger partial charge in [-0.15, -0.1) is 0 Å². The molecule has 1 saturated heterocycles. The maximum Gasteiger partial charge on any atom is 0.214 e. The Morgan fingerprint density at radius 3 is 2.42 bits per heavy atom. The first kappa shape index (κ1) is 13.8. The summed E-state index contributed by atoms with van der Waals surface area (Å²) in [5.74, 6) is 2.25. The molecular weight excluding hydrogens is 260 g/mol. The van der Waals surface area contributed by atoms with Crippen LogP contribution in [0.3, 0.4) is 0 Å². The van der Waals surface area contributed by atoms with Crippen LogP contribution in [0.1, 0.15) is 39.0 Å². The van der Waals surface area contributed by atoms with Gasteiger partial charge in [-0.2, -0.15) is 4.31 Å². The molecule has 2 aliphatic carbocycles. The summed E-state index contributed by atoms with van der Waals surface area (Å²) in [4.78, 5) is 1.69. The lowest BCUT2D eigenvalue weighted by molar-refractivity contribution is -0.932. The van der Waals surface area contributed by atoms with Gasteiger partial charge in [-0.05, 0) is 31.6 Å². The number of hydrogen-bond acceptors (Lipinski definition) is 2. The monoisotopic (exact) mass is 287 g/mol. The first-order chi connectivity index (χ1) is 9.10. The molecule has 0 unspecified atom stereocenters. The lowest BCUT2D eigenvalue weighted by atomic mass is 9.93. The molecule has 4 nitrogen and oxygen atoms in total. The number of nitrogens with one attached hydrogen (secondary N) is 1. The summed E-state index contributed by atoms with van der Waals surface area (Å²) in [6.45, 7) is 5.47. The molecule has 0 aromatic heterocycles. The van der Waals surface area contributed by atoms with Crippen LogP contribution >= 0.6 is 0 Å². The van der Waals surface area contributed by atoms with Crippen LogP contribution in [0.15, 0.2) is 0 Å². The van der Waals surface area contributed by atoms with Crippen molar-refractivity contribution < 1.29 is 13.3 Å². The standard InChI is InChI=1S/C14H26N2O2S/c1-2-9-19(17,18)16-7-5-15(6-8-16)14-11-12-3-4-13(14)10-12/h12-14H,2-11H2,1H3/p+1/t12-,13+,14+/m0/s1. The fraction of sp³-hybridized carbons (Fsp3) is 1.00. The molecule has 3 aliphatic rings. The molecule has 110 valence electrons. The molecule has 0 spiro atoms. The maximum atomic E-state index is 12.1. The van der Waals surface area contributed by atoms with Crippen LogP contribution in [0.4, 0.5) is 0 Å². The van der Waals surface area contributed by atoms with E-state index in [2.05, 4.69) is 0 Å². The van der Waals surface area contributed by atoms with Gasteiger partial charge in [-0.25, -0.2) is 8.42 Å². The molecule has 1 heterocycles. The zero-order chi connectivity index (χ0) is 13.5. The van der Waals surface area contributed by atoms with Crippen molar-refractivity contribution in [2.24, 2.45) is 11.8 Å². The van der Waals surface area contributed by atoms with Gasteiger partial charge in [0.25, 0.3) is 0 Å². The molecule has 3 fully saturated rings.